The highest BCUT2D eigenvalue weighted by Crippen LogP contribution is 2.59. The van der Waals surface area contributed by atoms with Gasteiger partial charge in [-0.1, -0.05) is 47.3 Å². The van der Waals surface area contributed by atoms with E-state index in [0.29, 0.717) is 5.41 Å². The van der Waals surface area contributed by atoms with Gasteiger partial charge >= 0.3 is 0 Å². The van der Waals surface area contributed by atoms with E-state index in [4.69, 9.17) is 5.73 Å². The van der Waals surface area contributed by atoms with Gasteiger partial charge in [-0.3, -0.25) is 0 Å². The number of nitrogens with two attached hydrogens (primary N) is 1. The lowest BCUT2D eigenvalue weighted by molar-refractivity contribution is -0.00990. The highest BCUT2D eigenvalue weighted by molar-refractivity contribution is 9.10. The van der Waals surface area contributed by atoms with E-state index in [1.54, 1.807) is 0 Å². The van der Waals surface area contributed by atoms with Crippen LogP contribution in [0.2, 0.25) is 0 Å². The maximum Gasteiger partial charge on any atom is 0.0420 e. The summed E-state index contributed by atoms with van der Waals surface area (Å²) in [6.45, 7) is 0. The minimum atomic E-state index is -0.0436. The zero-order valence-electron chi connectivity index (χ0n) is 10.2. The molecule has 2 heteroatoms. The van der Waals surface area contributed by atoms with Crippen molar-refractivity contribution in [3.8, 4) is 0 Å². The molecule has 2 saturated carbocycles. The molecule has 0 saturated heterocycles. The average molecular weight is 294 g/mol. The third kappa shape index (κ3) is 2.06. The van der Waals surface area contributed by atoms with E-state index in [2.05, 4.69) is 40.2 Å². The maximum absolute atomic E-state index is 6.56. The second-order valence-corrected chi connectivity index (χ2v) is 6.99. The smallest absolute Gasteiger partial charge is 0.0420 e. The topological polar surface area (TPSA) is 26.0 Å². The summed E-state index contributed by atoms with van der Waals surface area (Å²) in [5, 5.41) is 0. The monoisotopic (exact) mass is 293 g/mol. The fourth-order valence-electron chi connectivity index (χ4n) is 3.93. The molecular formula is C15H20BrN. The normalized spacial score (nSPS) is 25.5. The molecular weight excluding hydrogens is 274 g/mol. The molecule has 1 spiro atoms. The second kappa shape index (κ2) is 4.10. The Bertz CT molecular complexity index is 395. The highest BCUT2D eigenvalue weighted by atomic mass is 79.9. The lowest BCUT2D eigenvalue weighted by Crippen LogP contribution is -2.56. The Balaban J connectivity index is 1.75. The van der Waals surface area contributed by atoms with Crippen LogP contribution in [-0.2, 0) is 5.54 Å². The summed E-state index contributed by atoms with van der Waals surface area (Å²) in [5.74, 6) is 0. The van der Waals surface area contributed by atoms with Gasteiger partial charge in [0.15, 0.2) is 0 Å². The summed E-state index contributed by atoms with van der Waals surface area (Å²) in [7, 11) is 0. The predicted octanol–water partition coefficient (Wildman–Crippen LogP) is 4.35. The maximum atomic E-state index is 6.56. The van der Waals surface area contributed by atoms with Crippen molar-refractivity contribution < 1.29 is 0 Å². The average Bonchev–Trinajstić information content (AvgIpc) is 2.29. The Morgan fingerprint density at radius 2 is 1.53 bits per heavy atom. The SMILES string of the molecule is NC1(c2ccc(Br)cc2)CC2(CCCCC2)C1. The Morgan fingerprint density at radius 3 is 2.12 bits per heavy atom. The van der Waals surface area contributed by atoms with Crippen LogP contribution in [0.4, 0.5) is 0 Å². The van der Waals surface area contributed by atoms with Crippen molar-refractivity contribution in [3.05, 3.63) is 34.3 Å². The standard InChI is InChI=1S/C15H20BrN/c16-13-6-4-12(5-7-13)15(17)10-14(11-15)8-2-1-3-9-14/h4-7H,1-3,8-11,17H2. The van der Waals surface area contributed by atoms with Crippen LogP contribution in [0.15, 0.2) is 28.7 Å². The minimum Gasteiger partial charge on any atom is -0.321 e. The van der Waals surface area contributed by atoms with Crippen molar-refractivity contribution in [2.45, 2.75) is 50.5 Å². The molecule has 0 aromatic heterocycles. The summed E-state index contributed by atoms with van der Waals surface area (Å²) in [4.78, 5) is 0. The van der Waals surface area contributed by atoms with Crippen molar-refractivity contribution >= 4 is 15.9 Å². The first kappa shape index (κ1) is 11.7. The van der Waals surface area contributed by atoms with Gasteiger partial charge in [-0.05, 0) is 48.8 Å². The Hall–Kier alpha value is -0.340. The van der Waals surface area contributed by atoms with Gasteiger partial charge in [0.25, 0.3) is 0 Å². The van der Waals surface area contributed by atoms with E-state index in [1.165, 1.54) is 50.5 Å². The molecule has 0 heterocycles. The molecule has 0 amide bonds. The quantitative estimate of drug-likeness (QED) is 0.819. The van der Waals surface area contributed by atoms with Gasteiger partial charge in [-0.25, -0.2) is 0 Å². The lowest BCUT2D eigenvalue weighted by Gasteiger charge is -2.57. The Kier molecular flexibility index (Phi) is 2.83. The van der Waals surface area contributed by atoms with Gasteiger partial charge in [-0.2, -0.15) is 0 Å². The molecule has 2 N–H and O–H groups in total. The largest absolute Gasteiger partial charge is 0.321 e. The summed E-state index contributed by atoms with van der Waals surface area (Å²) >= 11 is 3.48. The van der Waals surface area contributed by atoms with Crippen molar-refractivity contribution in [2.75, 3.05) is 0 Å². The number of halogens is 1. The summed E-state index contributed by atoms with van der Waals surface area (Å²) < 4.78 is 1.14. The van der Waals surface area contributed by atoms with E-state index < -0.39 is 0 Å². The number of hydrogen-bond donors (Lipinski definition) is 1. The Morgan fingerprint density at radius 1 is 0.941 bits per heavy atom. The molecule has 17 heavy (non-hydrogen) atoms. The van der Waals surface area contributed by atoms with Crippen LogP contribution in [0.1, 0.15) is 50.5 Å². The second-order valence-electron chi connectivity index (χ2n) is 6.08. The van der Waals surface area contributed by atoms with Crippen LogP contribution in [0, 0.1) is 5.41 Å². The van der Waals surface area contributed by atoms with Crippen LogP contribution in [0.3, 0.4) is 0 Å². The molecule has 2 aliphatic rings. The van der Waals surface area contributed by atoms with Gasteiger partial charge < -0.3 is 5.73 Å². The molecule has 2 aliphatic carbocycles. The van der Waals surface area contributed by atoms with Crippen LogP contribution in [0.25, 0.3) is 0 Å². The fourth-order valence-corrected chi connectivity index (χ4v) is 4.19. The molecule has 1 aromatic rings. The van der Waals surface area contributed by atoms with Crippen LogP contribution in [-0.4, -0.2) is 0 Å². The van der Waals surface area contributed by atoms with Crippen LogP contribution in [0.5, 0.6) is 0 Å². The first-order valence-corrected chi connectivity index (χ1v) is 7.46. The molecule has 1 nitrogen and oxygen atoms in total. The zero-order chi connectivity index (χ0) is 11.9. The number of rotatable bonds is 1. The first-order chi connectivity index (χ1) is 8.12. The molecule has 0 bridgehead atoms. The molecule has 0 radical (unpaired) electrons. The van der Waals surface area contributed by atoms with E-state index >= 15 is 0 Å². The minimum absolute atomic E-state index is 0.0436. The van der Waals surface area contributed by atoms with Gasteiger partial charge in [0.05, 0.1) is 0 Å². The molecule has 92 valence electrons. The van der Waals surface area contributed by atoms with Gasteiger partial charge in [0.2, 0.25) is 0 Å². The van der Waals surface area contributed by atoms with E-state index in [-0.39, 0.29) is 5.54 Å². The number of hydrogen-bond acceptors (Lipinski definition) is 1. The van der Waals surface area contributed by atoms with Gasteiger partial charge in [-0.15, -0.1) is 0 Å². The van der Waals surface area contributed by atoms with E-state index in [1.807, 2.05) is 0 Å². The molecule has 3 rings (SSSR count). The number of benzene rings is 1. The molecule has 1 aromatic carbocycles. The van der Waals surface area contributed by atoms with Crippen molar-refractivity contribution in [1.29, 1.82) is 0 Å². The van der Waals surface area contributed by atoms with E-state index in [9.17, 15) is 0 Å². The zero-order valence-corrected chi connectivity index (χ0v) is 11.8. The van der Waals surface area contributed by atoms with Crippen molar-refractivity contribution in [2.24, 2.45) is 11.1 Å². The van der Waals surface area contributed by atoms with Gasteiger partial charge in [0.1, 0.15) is 0 Å². The Labute approximate surface area is 112 Å². The fraction of sp³-hybridized carbons (Fsp3) is 0.600. The molecule has 0 aliphatic heterocycles. The lowest BCUT2D eigenvalue weighted by atomic mass is 9.51. The molecule has 0 unspecified atom stereocenters. The third-order valence-electron chi connectivity index (χ3n) is 4.71. The van der Waals surface area contributed by atoms with Crippen molar-refractivity contribution in [1.82, 2.24) is 0 Å². The van der Waals surface area contributed by atoms with Crippen LogP contribution < -0.4 is 5.73 Å². The third-order valence-corrected chi connectivity index (χ3v) is 5.24. The van der Waals surface area contributed by atoms with Gasteiger partial charge in [0, 0.05) is 10.0 Å². The summed E-state index contributed by atoms with van der Waals surface area (Å²) in [5.41, 5.74) is 8.43. The summed E-state index contributed by atoms with van der Waals surface area (Å²) in [6, 6.07) is 8.57. The molecule has 0 atom stereocenters. The highest BCUT2D eigenvalue weighted by Gasteiger charge is 2.52. The predicted molar refractivity (Wildman–Crippen MR) is 74.8 cm³/mol. The van der Waals surface area contributed by atoms with Crippen LogP contribution >= 0.6 is 15.9 Å². The molecule has 2 fully saturated rings. The van der Waals surface area contributed by atoms with E-state index in [0.717, 1.165) is 4.47 Å². The summed E-state index contributed by atoms with van der Waals surface area (Å²) in [6.07, 6.45) is 9.46. The first-order valence-electron chi connectivity index (χ1n) is 6.67. The van der Waals surface area contributed by atoms with Crippen molar-refractivity contribution in [3.63, 3.8) is 0 Å².